The first-order valence-electron chi connectivity index (χ1n) is 11.0. The number of nitrogens with one attached hydrogen (secondary N) is 3. The quantitative estimate of drug-likeness (QED) is 0.186. The third kappa shape index (κ3) is 4.96. The van der Waals surface area contributed by atoms with Crippen LogP contribution in [0.2, 0.25) is 0 Å². The van der Waals surface area contributed by atoms with Crippen LogP contribution in [0.15, 0.2) is 97.1 Å². The average Bonchev–Trinajstić information content (AvgIpc) is 2.84. The summed E-state index contributed by atoms with van der Waals surface area (Å²) in [5.41, 5.74) is 8.16. The molecule has 0 aliphatic heterocycles. The van der Waals surface area contributed by atoms with Crippen LogP contribution in [-0.4, -0.2) is 17.6 Å². The molecule has 170 valence electrons. The molecule has 0 aromatic heterocycles. The molecule has 0 spiro atoms. The Morgan fingerprint density at radius 3 is 2.15 bits per heavy atom. The summed E-state index contributed by atoms with van der Waals surface area (Å²) >= 11 is 0. The smallest absolute Gasteiger partial charge is 0.241 e. The van der Waals surface area contributed by atoms with Crippen molar-refractivity contribution < 1.29 is 9.59 Å². The van der Waals surface area contributed by atoms with Crippen LogP contribution in [0, 0.1) is 5.41 Å². The van der Waals surface area contributed by atoms with Crippen molar-refractivity contribution in [3.8, 4) is 0 Å². The highest BCUT2D eigenvalue weighted by atomic mass is 16.2. The Kier molecular flexibility index (Phi) is 6.69. The minimum absolute atomic E-state index is 0.0539. The molecule has 34 heavy (non-hydrogen) atoms. The standard InChI is InChI=1S/C28H26N4O2/c1-18(23-13-7-11-19-8-5-6-12-24(19)23)31-27(33)25(20-9-3-2-4-10-20)28(34)32-22-16-14-21(15-17-22)26(29)30/h2-18,25H,1H3,(H3,29,30)(H,31,33)(H,32,34). The maximum absolute atomic E-state index is 13.4. The van der Waals surface area contributed by atoms with E-state index in [0.717, 1.165) is 16.3 Å². The monoisotopic (exact) mass is 450 g/mol. The van der Waals surface area contributed by atoms with Crippen LogP contribution in [0.25, 0.3) is 10.8 Å². The Morgan fingerprint density at radius 1 is 0.794 bits per heavy atom. The van der Waals surface area contributed by atoms with E-state index in [9.17, 15) is 9.59 Å². The molecule has 0 heterocycles. The number of fused-ring (bicyclic) bond motifs is 1. The lowest BCUT2D eigenvalue weighted by Crippen LogP contribution is -2.37. The molecule has 6 nitrogen and oxygen atoms in total. The Morgan fingerprint density at radius 2 is 1.44 bits per heavy atom. The van der Waals surface area contributed by atoms with Gasteiger partial charge in [0, 0.05) is 11.3 Å². The zero-order chi connectivity index (χ0) is 24.1. The van der Waals surface area contributed by atoms with Gasteiger partial charge in [0.15, 0.2) is 0 Å². The first kappa shape index (κ1) is 22.7. The molecular formula is C28H26N4O2. The first-order valence-corrected chi connectivity index (χ1v) is 11.0. The second-order valence-electron chi connectivity index (χ2n) is 8.12. The molecule has 4 aromatic carbocycles. The summed E-state index contributed by atoms with van der Waals surface area (Å²) < 4.78 is 0. The summed E-state index contributed by atoms with van der Waals surface area (Å²) in [5.74, 6) is -1.91. The number of carbonyl (C=O) groups is 2. The van der Waals surface area contributed by atoms with Gasteiger partial charge in [0.2, 0.25) is 11.8 Å². The Labute approximate surface area is 198 Å². The van der Waals surface area contributed by atoms with Gasteiger partial charge in [-0.25, -0.2) is 0 Å². The molecule has 0 fully saturated rings. The number of rotatable bonds is 7. The molecule has 2 unspecified atom stereocenters. The highest BCUT2D eigenvalue weighted by molar-refractivity contribution is 6.11. The van der Waals surface area contributed by atoms with Crippen LogP contribution in [-0.2, 0) is 9.59 Å². The van der Waals surface area contributed by atoms with Crippen molar-refractivity contribution in [2.45, 2.75) is 18.9 Å². The summed E-state index contributed by atoms with van der Waals surface area (Å²) in [4.78, 5) is 26.7. The lowest BCUT2D eigenvalue weighted by Gasteiger charge is -2.22. The third-order valence-corrected chi connectivity index (χ3v) is 5.77. The van der Waals surface area contributed by atoms with E-state index >= 15 is 0 Å². The molecule has 5 N–H and O–H groups in total. The minimum Gasteiger partial charge on any atom is -0.384 e. The summed E-state index contributed by atoms with van der Waals surface area (Å²) in [6, 6.07) is 29.3. The lowest BCUT2D eigenvalue weighted by molar-refractivity contribution is -0.129. The van der Waals surface area contributed by atoms with Crippen molar-refractivity contribution in [2.75, 3.05) is 5.32 Å². The molecule has 0 saturated carbocycles. The molecule has 0 aliphatic rings. The van der Waals surface area contributed by atoms with Crippen LogP contribution in [0.5, 0.6) is 0 Å². The fraction of sp³-hybridized carbons (Fsp3) is 0.107. The van der Waals surface area contributed by atoms with Crippen LogP contribution in [0.1, 0.15) is 35.6 Å². The normalized spacial score (nSPS) is 12.5. The van der Waals surface area contributed by atoms with E-state index in [2.05, 4.69) is 10.6 Å². The highest BCUT2D eigenvalue weighted by Gasteiger charge is 2.30. The predicted octanol–water partition coefficient (Wildman–Crippen LogP) is 4.72. The van der Waals surface area contributed by atoms with Gasteiger partial charge in [-0.05, 0) is 53.1 Å². The Bertz CT molecular complexity index is 1330. The van der Waals surface area contributed by atoms with E-state index in [1.807, 2.05) is 55.5 Å². The summed E-state index contributed by atoms with van der Waals surface area (Å²) in [6.07, 6.45) is 0. The van der Waals surface area contributed by atoms with E-state index in [4.69, 9.17) is 11.1 Å². The lowest BCUT2D eigenvalue weighted by atomic mass is 9.95. The largest absolute Gasteiger partial charge is 0.384 e. The molecular weight excluding hydrogens is 424 g/mol. The van der Waals surface area contributed by atoms with Gasteiger partial charge >= 0.3 is 0 Å². The molecule has 4 aromatic rings. The molecule has 2 amide bonds. The molecule has 0 aliphatic carbocycles. The zero-order valence-corrected chi connectivity index (χ0v) is 18.8. The Balaban J connectivity index is 1.58. The predicted molar refractivity (Wildman–Crippen MR) is 136 cm³/mol. The minimum atomic E-state index is -1.04. The van der Waals surface area contributed by atoms with Crippen LogP contribution >= 0.6 is 0 Å². The topological polar surface area (TPSA) is 108 Å². The van der Waals surface area contributed by atoms with E-state index in [0.29, 0.717) is 16.8 Å². The number of anilines is 1. The summed E-state index contributed by atoms with van der Waals surface area (Å²) in [7, 11) is 0. The summed E-state index contributed by atoms with van der Waals surface area (Å²) in [6.45, 7) is 1.92. The Hall–Kier alpha value is -4.45. The second-order valence-corrected chi connectivity index (χ2v) is 8.12. The SMILES string of the molecule is CC(NC(=O)C(C(=O)Nc1ccc(C(=N)N)cc1)c1ccccc1)c1cccc2ccccc12. The van der Waals surface area contributed by atoms with Gasteiger partial charge in [0.25, 0.3) is 0 Å². The molecule has 4 rings (SSSR count). The van der Waals surface area contributed by atoms with Crippen LogP contribution in [0.4, 0.5) is 5.69 Å². The number of amides is 2. The van der Waals surface area contributed by atoms with Gasteiger partial charge in [-0.15, -0.1) is 0 Å². The number of nitrogen functional groups attached to an aromatic ring is 1. The van der Waals surface area contributed by atoms with Gasteiger partial charge in [0.05, 0.1) is 6.04 Å². The molecule has 0 radical (unpaired) electrons. The van der Waals surface area contributed by atoms with Crippen molar-refractivity contribution in [3.05, 3.63) is 114 Å². The maximum atomic E-state index is 13.4. The van der Waals surface area contributed by atoms with Crippen molar-refractivity contribution in [1.82, 2.24) is 5.32 Å². The number of nitrogens with two attached hydrogens (primary N) is 1. The van der Waals surface area contributed by atoms with Crippen molar-refractivity contribution in [3.63, 3.8) is 0 Å². The van der Waals surface area contributed by atoms with Gasteiger partial charge in [-0.1, -0.05) is 72.8 Å². The average molecular weight is 451 g/mol. The fourth-order valence-corrected chi connectivity index (χ4v) is 4.02. The van der Waals surface area contributed by atoms with E-state index in [1.54, 1.807) is 48.5 Å². The van der Waals surface area contributed by atoms with Crippen molar-refractivity contribution >= 4 is 34.1 Å². The maximum Gasteiger partial charge on any atom is 0.241 e. The zero-order valence-electron chi connectivity index (χ0n) is 18.8. The fourth-order valence-electron chi connectivity index (χ4n) is 4.02. The number of hydrogen-bond donors (Lipinski definition) is 4. The molecule has 6 heteroatoms. The van der Waals surface area contributed by atoms with E-state index in [1.165, 1.54) is 0 Å². The number of carbonyl (C=O) groups excluding carboxylic acids is 2. The van der Waals surface area contributed by atoms with E-state index < -0.39 is 11.8 Å². The van der Waals surface area contributed by atoms with Gasteiger partial charge < -0.3 is 16.4 Å². The van der Waals surface area contributed by atoms with E-state index in [-0.39, 0.29) is 17.8 Å². The molecule has 2 atom stereocenters. The number of benzene rings is 4. The number of amidine groups is 1. The first-order chi connectivity index (χ1) is 16.4. The van der Waals surface area contributed by atoms with Crippen LogP contribution in [0.3, 0.4) is 0 Å². The third-order valence-electron chi connectivity index (χ3n) is 5.77. The van der Waals surface area contributed by atoms with Crippen molar-refractivity contribution in [1.29, 1.82) is 5.41 Å². The molecule has 0 bridgehead atoms. The van der Waals surface area contributed by atoms with Gasteiger partial charge in [-0.2, -0.15) is 0 Å². The van der Waals surface area contributed by atoms with Crippen molar-refractivity contribution in [2.24, 2.45) is 5.73 Å². The van der Waals surface area contributed by atoms with Gasteiger partial charge in [0.1, 0.15) is 11.8 Å². The highest BCUT2D eigenvalue weighted by Crippen LogP contribution is 2.26. The molecule has 0 saturated heterocycles. The summed E-state index contributed by atoms with van der Waals surface area (Å²) in [5, 5.41) is 15.5. The van der Waals surface area contributed by atoms with Crippen LogP contribution < -0.4 is 16.4 Å². The van der Waals surface area contributed by atoms with Gasteiger partial charge in [-0.3, -0.25) is 15.0 Å². The second kappa shape index (κ2) is 10.0. The number of hydrogen-bond acceptors (Lipinski definition) is 3.